The van der Waals surface area contributed by atoms with Crippen LogP contribution in [-0.2, 0) is 6.42 Å². The molecular weight excluding hydrogens is 278 g/mol. The summed E-state index contributed by atoms with van der Waals surface area (Å²) in [6.45, 7) is 0. The van der Waals surface area contributed by atoms with Gasteiger partial charge in [-0.25, -0.2) is 0 Å². The largest absolute Gasteiger partial charge is 0.450 e. The highest BCUT2D eigenvalue weighted by Crippen LogP contribution is 2.28. The number of primary amides is 1. The van der Waals surface area contributed by atoms with Crippen LogP contribution < -0.4 is 11.2 Å². The van der Waals surface area contributed by atoms with Crippen LogP contribution in [0.3, 0.4) is 0 Å². The van der Waals surface area contributed by atoms with Gasteiger partial charge in [0.15, 0.2) is 11.2 Å². The van der Waals surface area contributed by atoms with E-state index >= 15 is 0 Å². The minimum absolute atomic E-state index is 0.0273. The van der Waals surface area contributed by atoms with Gasteiger partial charge in [-0.05, 0) is 30.9 Å². The highest BCUT2D eigenvalue weighted by Gasteiger charge is 2.20. The van der Waals surface area contributed by atoms with E-state index in [9.17, 15) is 9.59 Å². The van der Waals surface area contributed by atoms with Crippen molar-refractivity contribution in [2.75, 3.05) is 0 Å². The topological polar surface area (TPSA) is 73.3 Å². The van der Waals surface area contributed by atoms with E-state index in [1.807, 2.05) is 0 Å². The summed E-state index contributed by atoms with van der Waals surface area (Å²) < 4.78 is 5.60. The molecule has 1 heterocycles. The first-order chi connectivity index (χ1) is 10.7. The van der Waals surface area contributed by atoms with Crippen LogP contribution >= 0.6 is 0 Å². The summed E-state index contributed by atoms with van der Waals surface area (Å²) in [6.07, 6.45) is 7.75. The molecule has 4 heteroatoms. The molecule has 1 saturated carbocycles. The lowest BCUT2D eigenvalue weighted by molar-refractivity contribution is 0.0972. The predicted octanol–water partition coefficient (Wildman–Crippen LogP) is 3.40. The predicted molar refractivity (Wildman–Crippen MR) is 85.9 cm³/mol. The second-order valence-electron chi connectivity index (χ2n) is 6.14. The van der Waals surface area contributed by atoms with Crippen molar-refractivity contribution in [3.8, 4) is 0 Å². The molecule has 1 fully saturated rings. The zero-order valence-corrected chi connectivity index (χ0v) is 12.6. The number of amides is 1. The SMILES string of the molecule is NC(=O)c1oc2ccccc2c(=O)c1CCC1CCCCC1. The molecule has 1 amide bonds. The molecule has 0 bridgehead atoms. The molecule has 2 aromatic rings. The average Bonchev–Trinajstić information content (AvgIpc) is 2.54. The Hall–Kier alpha value is -2.10. The third-order valence-corrected chi connectivity index (χ3v) is 4.64. The van der Waals surface area contributed by atoms with Crippen molar-refractivity contribution in [2.24, 2.45) is 11.7 Å². The quantitative estimate of drug-likeness (QED) is 0.940. The van der Waals surface area contributed by atoms with Gasteiger partial charge in [0.05, 0.1) is 5.39 Å². The van der Waals surface area contributed by atoms with Gasteiger partial charge in [-0.1, -0.05) is 44.2 Å². The van der Waals surface area contributed by atoms with Gasteiger partial charge in [0.25, 0.3) is 5.91 Å². The van der Waals surface area contributed by atoms with Crippen molar-refractivity contribution in [2.45, 2.75) is 44.9 Å². The van der Waals surface area contributed by atoms with Crippen LogP contribution in [0.15, 0.2) is 33.5 Å². The average molecular weight is 299 g/mol. The highest BCUT2D eigenvalue weighted by molar-refractivity contribution is 5.93. The minimum atomic E-state index is -0.665. The third-order valence-electron chi connectivity index (χ3n) is 4.64. The Morgan fingerprint density at radius 3 is 2.64 bits per heavy atom. The van der Waals surface area contributed by atoms with Gasteiger partial charge in [0, 0.05) is 5.56 Å². The van der Waals surface area contributed by atoms with Gasteiger partial charge in [0.1, 0.15) is 5.58 Å². The fourth-order valence-electron chi connectivity index (χ4n) is 3.43. The minimum Gasteiger partial charge on any atom is -0.450 e. The van der Waals surface area contributed by atoms with E-state index < -0.39 is 5.91 Å². The van der Waals surface area contributed by atoms with Gasteiger partial charge >= 0.3 is 0 Å². The first-order valence-corrected chi connectivity index (χ1v) is 8.01. The molecular formula is C18H21NO3. The summed E-state index contributed by atoms with van der Waals surface area (Å²) in [5.41, 5.74) is 6.15. The van der Waals surface area contributed by atoms with Crippen LogP contribution in [0.4, 0.5) is 0 Å². The fourth-order valence-corrected chi connectivity index (χ4v) is 3.43. The Labute approximate surface area is 129 Å². The van der Waals surface area contributed by atoms with E-state index in [2.05, 4.69) is 0 Å². The summed E-state index contributed by atoms with van der Waals surface area (Å²) in [7, 11) is 0. The first-order valence-electron chi connectivity index (χ1n) is 8.01. The number of nitrogens with two attached hydrogens (primary N) is 1. The second-order valence-corrected chi connectivity index (χ2v) is 6.14. The van der Waals surface area contributed by atoms with E-state index in [-0.39, 0.29) is 11.2 Å². The molecule has 1 aromatic heterocycles. The molecule has 116 valence electrons. The molecule has 0 spiro atoms. The monoisotopic (exact) mass is 299 g/mol. The van der Waals surface area contributed by atoms with Crippen molar-refractivity contribution < 1.29 is 9.21 Å². The van der Waals surface area contributed by atoms with Crippen LogP contribution in [0.1, 0.15) is 54.6 Å². The van der Waals surface area contributed by atoms with Gasteiger partial charge < -0.3 is 10.2 Å². The summed E-state index contributed by atoms with van der Waals surface area (Å²) in [4.78, 5) is 24.3. The number of fused-ring (bicyclic) bond motifs is 1. The smallest absolute Gasteiger partial charge is 0.284 e. The van der Waals surface area contributed by atoms with Gasteiger partial charge in [-0.15, -0.1) is 0 Å². The number of benzene rings is 1. The Balaban J connectivity index is 1.95. The molecule has 1 aliphatic carbocycles. The maximum absolute atomic E-state index is 12.7. The Bertz CT molecular complexity index is 742. The molecule has 0 radical (unpaired) electrons. The van der Waals surface area contributed by atoms with Crippen molar-refractivity contribution in [3.63, 3.8) is 0 Å². The molecule has 1 aliphatic rings. The van der Waals surface area contributed by atoms with E-state index in [1.165, 1.54) is 32.1 Å². The van der Waals surface area contributed by atoms with Crippen molar-refractivity contribution >= 4 is 16.9 Å². The fraction of sp³-hybridized carbons (Fsp3) is 0.444. The molecule has 4 nitrogen and oxygen atoms in total. The molecule has 22 heavy (non-hydrogen) atoms. The van der Waals surface area contributed by atoms with Crippen molar-refractivity contribution in [1.29, 1.82) is 0 Å². The van der Waals surface area contributed by atoms with Crippen LogP contribution in [0.2, 0.25) is 0 Å². The second kappa shape index (κ2) is 6.34. The number of hydrogen-bond acceptors (Lipinski definition) is 3. The maximum atomic E-state index is 12.7. The Morgan fingerprint density at radius 1 is 1.18 bits per heavy atom. The van der Waals surface area contributed by atoms with Gasteiger partial charge in [-0.3, -0.25) is 9.59 Å². The van der Waals surface area contributed by atoms with E-state index in [1.54, 1.807) is 24.3 Å². The number of para-hydroxylation sites is 1. The van der Waals surface area contributed by atoms with Crippen molar-refractivity contribution in [1.82, 2.24) is 0 Å². The van der Waals surface area contributed by atoms with Gasteiger partial charge in [-0.2, -0.15) is 0 Å². The number of hydrogen-bond donors (Lipinski definition) is 1. The van der Waals surface area contributed by atoms with E-state index in [0.29, 0.717) is 28.9 Å². The number of carbonyl (C=O) groups excluding carboxylic acids is 1. The van der Waals surface area contributed by atoms with Crippen LogP contribution in [-0.4, -0.2) is 5.91 Å². The van der Waals surface area contributed by atoms with Crippen molar-refractivity contribution in [3.05, 3.63) is 45.8 Å². The molecule has 0 aliphatic heterocycles. The first kappa shape index (κ1) is 14.8. The normalized spacial score (nSPS) is 16.0. The van der Waals surface area contributed by atoms with Gasteiger partial charge in [0.2, 0.25) is 0 Å². The highest BCUT2D eigenvalue weighted by atomic mass is 16.3. The number of carbonyl (C=O) groups is 1. The molecule has 0 atom stereocenters. The maximum Gasteiger partial charge on any atom is 0.284 e. The Morgan fingerprint density at radius 2 is 1.91 bits per heavy atom. The standard InChI is InChI=1S/C18H21NO3/c19-18(21)17-14(11-10-12-6-2-1-3-7-12)16(20)13-8-4-5-9-15(13)22-17/h4-5,8-9,12H,1-3,6-7,10-11H2,(H2,19,21). The zero-order chi connectivity index (χ0) is 15.5. The molecule has 2 N–H and O–H groups in total. The lowest BCUT2D eigenvalue weighted by Crippen LogP contribution is -2.21. The van der Waals surface area contributed by atoms with E-state index in [4.69, 9.17) is 10.2 Å². The number of rotatable bonds is 4. The molecule has 0 unspecified atom stereocenters. The van der Waals surface area contributed by atoms with Crippen LogP contribution in [0.25, 0.3) is 11.0 Å². The summed E-state index contributed by atoms with van der Waals surface area (Å²) >= 11 is 0. The summed E-state index contributed by atoms with van der Waals surface area (Å²) in [6, 6.07) is 7.00. The lowest BCUT2D eigenvalue weighted by Gasteiger charge is -2.21. The molecule has 3 rings (SSSR count). The Kier molecular flexibility index (Phi) is 4.27. The van der Waals surface area contributed by atoms with Crippen LogP contribution in [0, 0.1) is 5.92 Å². The zero-order valence-electron chi connectivity index (χ0n) is 12.6. The third kappa shape index (κ3) is 2.91. The summed E-state index contributed by atoms with van der Waals surface area (Å²) in [5, 5.41) is 0.520. The van der Waals surface area contributed by atoms with E-state index in [0.717, 1.165) is 6.42 Å². The lowest BCUT2D eigenvalue weighted by atomic mass is 9.85. The van der Waals surface area contributed by atoms with Crippen LogP contribution in [0.5, 0.6) is 0 Å². The molecule has 0 saturated heterocycles. The summed E-state index contributed by atoms with van der Waals surface area (Å²) in [5.74, 6) is 0.00125. The molecule has 1 aromatic carbocycles.